The summed E-state index contributed by atoms with van der Waals surface area (Å²) in [5.74, 6) is 2.15. The van der Waals surface area contributed by atoms with Crippen molar-refractivity contribution in [1.82, 2.24) is 14.9 Å². The van der Waals surface area contributed by atoms with Crippen LogP contribution in [-0.2, 0) is 11.2 Å². The monoisotopic (exact) mass is 408 g/mol. The molecule has 0 saturated carbocycles. The number of hydrogen-bond donors (Lipinski definition) is 0. The highest BCUT2D eigenvalue weighted by atomic mass is 16.2. The standard InChI is InChI=1S/C25H36N4O/c1-6-7-8-9-24(30)28-12-14-29(15-13-28)25-23(20(4)26-21(5)27-25)17-22-16-18(2)10-11-19(22)3/h10-11,16H,6-9,12-15,17H2,1-5H3. The van der Waals surface area contributed by atoms with Gasteiger partial charge in [0.1, 0.15) is 11.6 Å². The topological polar surface area (TPSA) is 49.3 Å². The third kappa shape index (κ3) is 5.38. The van der Waals surface area contributed by atoms with E-state index in [-0.39, 0.29) is 0 Å². The fourth-order valence-corrected chi connectivity index (χ4v) is 4.22. The van der Waals surface area contributed by atoms with Gasteiger partial charge in [0.25, 0.3) is 0 Å². The summed E-state index contributed by atoms with van der Waals surface area (Å²) in [6.45, 7) is 13.7. The molecule has 162 valence electrons. The lowest BCUT2D eigenvalue weighted by atomic mass is 9.97. The maximum absolute atomic E-state index is 12.5. The molecule has 1 saturated heterocycles. The number of carbonyl (C=O) groups excluding carboxylic acids is 1. The average Bonchev–Trinajstić information content (AvgIpc) is 2.72. The predicted molar refractivity (Wildman–Crippen MR) is 123 cm³/mol. The van der Waals surface area contributed by atoms with Gasteiger partial charge < -0.3 is 9.80 Å². The smallest absolute Gasteiger partial charge is 0.222 e. The highest BCUT2D eigenvalue weighted by Gasteiger charge is 2.24. The molecule has 2 aromatic rings. The van der Waals surface area contributed by atoms with Gasteiger partial charge in [-0.15, -0.1) is 0 Å². The molecule has 1 fully saturated rings. The molecular formula is C25H36N4O. The van der Waals surface area contributed by atoms with Crippen LogP contribution in [0.4, 0.5) is 5.82 Å². The highest BCUT2D eigenvalue weighted by Crippen LogP contribution is 2.26. The molecule has 1 amide bonds. The Kier molecular flexibility index (Phi) is 7.46. The van der Waals surface area contributed by atoms with E-state index in [9.17, 15) is 4.79 Å². The zero-order valence-corrected chi connectivity index (χ0v) is 19.3. The lowest BCUT2D eigenvalue weighted by molar-refractivity contribution is -0.131. The first kappa shape index (κ1) is 22.3. The molecular weight excluding hydrogens is 372 g/mol. The Hall–Kier alpha value is -2.43. The Labute approximate surface area is 181 Å². The molecule has 0 atom stereocenters. The number of unbranched alkanes of at least 4 members (excludes halogenated alkanes) is 2. The number of rotatable bonds is 7. The van der Waals surface area contributed by atoms with Crippen molar-refractivity contribution in [3.63, 3.8) is 0 Å². The number of nitrogens with zero attached hydrogens (tertiary/aromatic N) is 4. The van der Waals surface area contributed by atoms with Gasteiger partial charge in [-0.1, -0.05) is 43.5 Å². The first-order valence-corrected chi connectivity index (χ1v) is 11.3. The van der Waals surface area contributed by atoms with Gasteiger partial charge in [0, 0.05) is 50.3 Å². The lowest BCUT2D eigenvalue weighted by Gasteiger charge is -2.36. The van der Waals surface area contributed by atoms with Crippen molar-refractivity contribution in [3.05, 3.63) is 52.0 Å². The summed E-state index contributed by atoms with van der Waals surface area (Å²) in [6.07, 6.45) is 4.80. The van der Waals surface area contributed by atoms with Crippen molar-refractivity contribution in [2.75, 3.05) is 31.1 Å². The van der Waals surface area contributed by atoms with E-state index >= 15 is 0 Å². The van der Waals surface area contributed by atoms with Crippen LogP contribution in [0.2, 0.25) is 0 Å². The Morgan fingerprint density at radius 3 is 2.43 bits per heavy atom. The van der Waals surface area contributed by atoms with Crippen LogP contribution >= 0.6 is 0 Å². The van der Waals surface area contributed by atoms with E-state index in [1.165, 1.54) is 22.3 Å². The van der Waals surface area contributed by atoms with Gasteiger partial charge in [0.15, 0.2) is 0 Å². The van der Waals surface area contributed by atoms with Crippen molar-refractivity contribution in [3.8, 4) is 0 Å². The molecule has 0 aliphatic carbocycles. The van der Waals surface area contributed by atoms with E-state index in [1.54, 1.807) is 0 Å². The van der Waals surface area contributed by atoms with Crippen molar-refractivity contribution in [1.29, 1.82) is 0 Å². The largest absolute Gasteiger partial charge is 0.353 e. The molecule has 2 heterocycles. The van der Waals surface area contributed by atoms with Crippen molar-refractivity contribution < 1.29 is 4.79 Å². The lowest BCUT2D eigenvalue weighted by Crippen LogP contribution is -2.49. The number of aromatic nitrogens is 2. The van der Waals surface area contributed by atoms with Crippen LogP contribution in [0, 0.1) is 27.7 Å². The van der Waals surface area contributed by atoms with Gasteiger partial charge >= 0.3 is 0 Å². The minimum absolute atomic E-state index is 0.300. The molecule has 0 unspecified atom stereocenters. The predicted octanol–water partition coefficient (Wildman–Crippen LogP) is 4.53. The number of carbonyl (C=O) groups is 1. The van der Waals surface area contributed by atoms with Gasteiger partial charge in [0.2, 0.25) is 5.91 Å². The Morgan fingerprint density at radius 1 is 1.00 bits per heavy atom. The number of aryl methyl sites for hydroxylation is 4. The minimum Gasteiger partial charge on any atom is -0.353 e. The zero-order chi connectivity index (χ0) is 21.7. The van der Waals surface area contributed by atoms with Crippen LogP contribution < -0.4 is 4.90 Å². The molecule has 0 spiro atoms. The number of amides is 1. The number of anilines is 1. The van der Waals surface area contributed by atoms with Gasteiger partial charge in [-0.25, -0.2) is 9.97 Å². The molecule has 1 aliphatic rings. The average molecular weight is 409 g/mol. The van der Waals surface area contributed by atoms with Crippen LogP contribution in [0.3, 0.4) is 0 Å². The SMILES string of the molecule is CCCCCC(=O)N1CCN(c2nc(C)nc(C)c2Cc2cc(C)ccc2C)CC1. The van der Waals surface area contributed by atoms with E-state index in [4.69, 9.17) is 4.98 Å². The van der Waals surface area contributed by atoms with Gasteiger partial charge in [-0.05, 0) is 45.2 Å². The fraction of sp³-hybridized carbons (Fsp3) is 0.560. The molecule has 30 heavy (non-hydrogen) atoms. The number of benzene rings is 1. The normalized spacial score (nSPS) is 14.3. The summed E-state index contributed by atoms with van der Waals surface area (Å²) < 4.78 is 0. The van der Waals surface area contributed by atoms with E-state index in [2.05, 4.69) is 55.8 Å². The zero-order valence-electron chi connectivity index (χ0n) is 19.3. The van der Waals surface area contributed by atoms with Crippen LogP contribution in [0.5, 0.6) is 0 Å². The van der Waals surface area contributed by atoms with E-state index in [0.717, 1.165) is 69.2 Å². The number of hydrogen-bond acceptors (Lipinski definition) is 4. The van der Waals surface area contributed by atoms with Crippen LogP contribution in [-0.4, -0.2) is 47.0 Å². The summed E-state index contributed by atoms with van der Waals surface area (Å²) in [7, 11) is 0. The Balaban J connectivity index is 1.76. The maximum Gasteiger partial charge on any atom is 0.222 e. The maximum atomic E-state index is 12.5. The van der Waals surface area contributed by atoms with Crippen LogP contribution in [0.25, 0.3) is 0 Å². The molecule has 0 N–H and O–H groups in total. The fourth-order valence-electron chi connectivity index (χ4n) is 4.22. The van der Waals surface area contributed by atoms with Crippen molar-refractivity contribution in [2.45, 2.75) is 66.7 Å². The second-order valence-corrected chi connectivity index (χ2v) is 8.59. The van der Waals surface area contributed by atoms with Crippen molar-refractivity contribution >= 4 is 11.7 Å². The van der Waals surface area contributed by atoms with Crippen LogP contribution in [0.1, 0.15) is 66.4 Å². The molecule has 0 bridgehead atoms. The highest BCUT2D eigenvalue weighted by molar-refractivity contribution is 5.76. The van der Waals surface area contributed by atoms with Gasteiger partial charge in [-0.3, -0.25) is 4.79 Å². The first-order valence-electron chi connectivity index (χ1n) is 11.3. The second-order valence-electron chi connectivity index (χ2n) is 8.59. The third-order valence-electron chi connectivity index (χ3n) is 6.10. The first-order chi connectivity index (χ1) is 14.4. The molecule has 1 aliphatic heterocycles. The van der Waals surface area contributed by atoms with Gasteiger partial charge in [-0.2, -0.15) is 0 Å². The Bertz CT molecular complexity index is 885. The van der Waals surface area contributed by atoms with E-state index in [1.807, 2.05) is 11.8 Å². The van der Waals surface area contributed by atoms with Gasteiger partial charge in [0.05, 0.1) is 0 Å². The third-order valence-corrected chi connectivity index (χ3v) is 6.10. The quantitative estimate of drug-likeness (QED) is 0.632. The molecule has 5 nitrogen and oxygen atoms in total. The number of piperazine rings is 1. The summed E-state index contributed by atoms with van der Waals surface area (Å²) in [4.78, 5) is 26.4. The molecule has 1 aromatic carbocycles. The summed E-state index contributed by atoms with van der Waals surface area (Å²) in [6, 6.07) is 6.62. The molecule has 3 rings (SSSR count). The molecule has 1 aromatic heterocycles. The Morgan fingerprint density at radius 2 is 1.73 bits per heavy atom. The summed E-state index contributed by atoms with van der Waals surface area (Å²) in [5.41, 5.74) is 6.16. The van der Waals surface area contributed by atoms with Crippen LogP contribution in [0.15, 0.2) is 18.2 Å². The van der Waals surface area contributed by atoms with Crippen molar-refractivity contribution in [2.24, 2.45) is 0 Å². The van der Waals surface area contributed by atoms with E-state index in [0.29, 0.717) is 12.3 Å². The summed E-state index contributed by atoms with van der Waals surface area (Å²) >= 11 is 0. The molecule has 5 heteroatoms. The minimum atomic E-state index is 0.300. The van der Waals surface area contributed by atoms with E-state index < -0.39 is 0 Å². The summed E-state index contributed by atoms with van der Waals surface area (Å²) in [5, 5.41) is 0. The molecule has 0 radical (unpaired) electrons. The second kappa shape index (κ2) is 10.1.